The Hall–Kier alpha value is -3.00. The number of aliphatic hydroxyl groups excluding tert-OH is 3. The summed E-state index contributed by atoms with van der Waals surface area (Å²) in [4.78, 5) is 55.5. The van der Waals surface area contributed by atoms with Crippen molar-refractivity contribution in [3.63, 3.8) is 0 Å². The van der Waals surface area contributed by atoms with Crippen LogP contribution in [-0.4, -0.2) is 70.6 Å². The van der Waals surface area contributed by atoms with E-state index in [1.807, 2.05) is 11.9 Å². The van der Waals surface area contributed by atoms with Gasteiger partial charge < -0.3 is 24.4 Å². The lowest BCUT2D eigenvalue weighted by Crippen LogP contribution is -2.43. The van der Waals surface area contributed by atoms with Gasteiger partial charge in [0.05, 0.1) is 24.2 Å². The molecular formula is C19H23N4O10P. The van der Waals surface area contributed by atoms with Crippen molar-refractivity contribution >= 4 is 24.8 Å². The molecule has 15 heteroatoms. The number of aliphatic hydroxyl groups is 3. The van der Waals surface area contributed by atoms with Gasteiger partial charge in [0.2, 0.25) is 0 Å². The third kappa shape index (κ3) is 5.38. The number of phosphoric ester groups is 1. The lowest BCUT2D eigenvalue weighted by Gasteiger charge is -2.29. The minimum Gasteiger partial charge on any atom is -0.394 e. The number of nitrogens with zero attached hydrogens (tertiary/aromatic N) is 3. The van der Waals surface area contributed by atoms with Crippen molar-refractivity contribution in [2.45, 2.75) is 45.6 Å². The fraction of sp³-hybridized carbons (Fsp3) is 0.421. The maximum Gasteiger partial charge on any atom is 0.530 e. The number of fused-ring (bicyclic) bond motifs is 2. The zero-order chi connectivity index (χ0) is 25.4. The summed E-state index contributed by atoms with van der Waals surface area (Å²) in [7, 11) is -5.08. The van der Waals surface area contributed by atoms with Gasteiger partial charge in [-0.3, -0.25) is 24.0 Å². The standard InChI is InChI=1S/C19H23N4O10P/c1-8-4-11-12(5-9(8)2)23(17-15(20-11)18(28)22-19(29)21-17)6-14(16(27)13(26)7-24)33-34(30,31)32-10(3)25/h4-5,13-14,16,24,26-27H,6-7H2,1-3H3,(H,30,31)(H,22,28,29)/t13-,14+,16-/m0/s1. The van der Waals surface area contributed by atoms with Gasteiger partial charge >= 0.3 is 19.5 Å². The SMILES string of the molecule is CC(=O)OP(=O)(O)O[C@H](Cn1c2nc(=O)[nH]c(=O)c-2nc2cc(C)c(C)cc21)[C@@H](O)[C@@H](O)CO. The fourth-order valence-corrected chi connectivity index (χ4v) is 4.23. The number of aromatic amines is 1. The summed E-state index contributed by atoms with van der Waals surface area (Å²) in [5, 5.41) is 29.7. The van der Waals surface area contributed by atoms with E-state index in [0.29, 0.717) is 11.0 Å². The molecule has 14 nitrogen and oxygen atoms in total. The van der Waals surface area contributed by atoms with Crippen LogP contribution in [0.2, 0.25) is 0 Å². The molecule has 4 atom stereocenters. The Morgan fingerprint density at radius 1 is 1.21 bits per heavy atom. The van der Waals surface area contributed by atoms with Crippen LogP contribution in [-0.2, 0) is 25.0 Å². The van der Waals surface area contributed by atoms with E-state index in [9.17, 15) is 39.2 Å². The maximum atomic E-state index is 12.4. The molecule has 0 aliphatic carbocycles. The second-order valence-electron chi connectivity index (χ2n) is 7.63. The highest BCUT2D eigenvalue weighted by atomic mass is 31.2. The number of aromatic nitrogens is 4. The van der Waals surface area contributed by atoms with Gasteiger partial charge in [-0.25, -0.2) is 14.3 Å². The first-order valence-electron chi connectivity index (χ1n) is 9.93. The van der Waals surface area contributed by atoms with Gasteiger partial charge in [-0.2, -0.15) is 4.98 Å². The quantitative estimate of drug-likeness (QED) is 0.186. The molecule has 184 valence electrons. The van der Waals surface area contributed by atoms with E-state index < -0.39 is 56.5 Å². The van der Waals surface area contributed by atoms with Crippen LogP contribution in [0, 0.1) is 13.8 Å². The highest BCUT2D eigenvalue weighted by molar-refractivity contribution is 7.48. The Kier molecular flexibility index (Phi) is 7.31. The molecule has 0 aromatic heterocycles. The molecule has 0 radical (unpaired) electrons. The number of carbonyl (C=O) groups is 1. The Balaban J connectivity index is 2.26. The summed E-state index contributed by atoms with van der Waals surface area (Å²) in [5.74, 6) is -1.38. The fourth-order valence-electron chi connectivity index (χ4n) is 3.33. The summed E-state index contributed by atoms with van der Waals surface area (Å²) in [6.07, 6.45) is -5.57. The number of aryl methyl sites for hydroxylation is 2. The van der Waals surface area contributed by atoms with Gasteiger partial charge in [0.25, 0.3) is 5.56 Å². The van der Waals surface area contributed by atoms with E-state index in [4.69, 9.17) is 4.52 Å². The van der Waals surface area contributed by atoms with Crippen LogP contribution < -0.4 is 11.2 Å². The molecule has 2 aliphatic rings. The van der Waals surface area contributed by atoms with Crippen molar-refractivity contribution in [2.75, 3.05) is 6.61 Å². The van der Waals surface area contributed by atoms with Gasteiger partial charge in [-0.1, -0.05) is 0 Å². The molecule has 0 saturated heterocycles. The molecule has 0 bridgehead atoms. The number of H-pyrrole nitrogens is 1. The molecule has 1 unspecified atom stereocenters. The molecule has 0 fully saturated rings. The maximum absolute atomic E-state index is 12.4. The van der Waals surface area contributed by atoms with E-state index in [1.165, 1.54) is 4.57 Å². The van der Waals surface area contributed by atoms with Crippen molar-refractivity contribution < 1.29 is 38.6 Å². The number of hydrogen-bond donors (Lipinski definition) is 5. The van der Waals surface area contributed by atoms with Gasteiger partial charge in [0.15, 0.2) is 11.5 Å². The lowest BCUT2D eigenvalue weighted by molar-refractivity contribution is -0.135. The summed E-state index contributed by atoms with van der Waals surface area (Å²) < 4.78 is 22.7. The molecule has 0 amide bonds. The Labute approximate surface area is 191 Å². The third-order valence-electron chi connectivity index (χ3n) is 5.06. The second kappa shape index (κ2) is 9.70. The molecular weight excluding hydrogens is 475 g/mol. The smallest absolute Gasteiger partial charge is 0.394 e. The lowest BCUT2D eigenvalue weighted by atomic mass is 10.1. The summed E-state index contributed by atoms with van der Waals surface area (Å²) >= 11 is 0. The summed E-state index contributed by atoms with van der Waals surface area (Å²) in [6.45, 7) is 2.94. The zero-order valence-electron chi connectivity index (χ0n) is 18.3. The molecule has 5 N–H and O–H groups in total. The van der Waals surface area contributed by atoms with Crippen molar-refractivity contribution in [3.05, 3.63) is 44.1 Å². The topological polar surface area (TPSA) is 214 Å². The molecule has 0 saturated carbocycles. The number of rotatable bonds is 8. The molecule has 34 heavy (non-hydrogen) atoms. The number of carbonyl (C=O) groups excluding carboxylic acids is 1. The van der Waals surface area contributed by atoms with Gasteiger partial charge in [0, 0.05) is 6.92 Å². The van der Waals surface area contributed by atoms with E-state index in [1.54, 1.807) is 19.1 Å². The molecule has 2 aliphatic heterocycles. The van der Waals surface area contributed by atoms with Crippen LogP contribution in [0.25, 0.3) is 22.6 Å². The van der Waals surface area contributed by atoms with Gasteiger partial charge in [-0.15, -0.1) is 0 Å². The first kappa shape index (κ1) is 25.6. The number of hydrogen-bond acceptors (Lipinski definition) is 11. The highest BCUT2D eigenvalue weighted by Gasteiger charge is 2.37. The monoisotopic (exact) mass is 498 g/mol. The van der Waals surface area contributed by atoms with E-state index >= 15 is 0 Å². The summed E-state index contributed by atoms with van der Waals surface area (Å²) in [6, 6.07) is 3.32. The van der Waals surface area contributed by atoms with Crippen LogP contribution in [0.3, 0.4) is 0 Å². The van der Waals surface area contributed by atoms with Gasteiger partial charge in [-0.05, 0) is 37.1 Å². The molecule has 0 spiro atoms. The largest absolute Gasteiger partial charge is 0.530 e. The molecule has 2 heterocycles. The predicted octanol–water partition coefficient (Wildman–Crippen LogP) is -1.04. The van der Waals surface area contributed by atoms with E-state index in [2.05, 4.69) is 14.5 Å². The van der Waals surface area contributed by atoms with Gasteiger partial charge in [0.1, 0.15) is 18.3 Å². The minimum atomic E-state index is -5.08. The highest BCUT2D eigenvalue weighted by Crippen LogP contribution is 2.45. The van der Waals surface area contributed by atoms with Crippen LogP contribution in [0.1, 0.15) is 18.1 Å². The third-order valence-corrected chi connectivity index (χ3v) is 6.09. The van der Waals surface area contributed by atoms with Crippen LogP contribution in [0.15, 0.2) is 21.7 Å². The second-order valence-corrected chi connectivity index (χ2v) is 8.96. The van der Waals surface area contributed by atoms with Crippen molar-refractivity contribution in [3.8, 4) is 11.5 Å². The average molecular weight is 498 g/mol. The van der Waals surface area contributed by atoms with Crippen molar-refractivity contribution in [1.82, 2.24) is 19.5 Å². The minimum absolute atomic E-state index is 0.232. The normalized spacial score (nSPS) is 16.2. The first-order chi connectivity index (χ1) is 15.8. The van der Waals surface area contributed by atoms with E-state index in [-0.39, 0.29) is 11.5 Å². The number of nitrogens with one attached hydrogen (secondary N) is 1. The first-order valence-corrected chi connectivity index (χ1v) is 11.4. The Morgan fingerprint density at radius 2 is 1.85 bits per heavy atom. The summed E-state index contributed by atoms with van der Waals surface area (Å²) in [5.41, 5.74) is 0.155. The zero-order valence-corrected chi connectivity index (χ0v) is 19.2. The van der Waals surface area contributed by atoms with E-state index in [0.717, 1.165) is 18.1 Å². The Bertz CT molecular complexity index is 1370. The van der Waals surface area contributed by atoms with Crippen LogP contribution in [0.4, 0.5) is 0 Å². The molecule has 1 aromatic rings. The van der Waals surface area contributed by atoms with Crippen molar-refractivity contribution in [2.24, 2.45) is 0 Å². The molecule has 3 rings (SSSR count). The Morgan fingerprint density at radius 3 is 2.47 bits per heavy atom. The number of benzene rings is 1. The molecule has 1 aromatic carbocycles. The van der Waals surface area contributed by atoms with Crippen LogP contribution in [0.5, 0.6) is 0 Å². The predicted molar refractivity (Wildman–Crippen MR) is 116 cm³/mol. The number of phosphoric acid groups is 1. The van der Waals surface area contributed by atoms with Crippen molar-refractivity contribution in [1.29, 1.82) is 0 Å². The average Bonchev–Trinajstić information content (AvgIpc) is 2.72. The van der Waals surface area contributed by atoms with Crippen LogP contribution >= 0.6 is 7.82 Å².